The van der Waals surface area contributed by atoms with Gasteiger partial charge in [0.1, 0.15) is 17.1 Å². The van der Waals surface area contributed by atoms with Gasteiger partial charge in [0.15, 0.2) is 6.61 Å². The van der Waals surface area contributed by atoms with Crippen LogP contribution in [0.4, 0.5) is 0 Å². The highest BCUT2D eigenvalue weighted by atomic mass is 35.5. The van der Waals surface area contributed by atoms with E-state index in [9.17, 15) is 14.7 Å². The highest BCUT2D eigenvalue weighted by molar-refractivity contribution is 6.35. The Morgan fingerprint density at radius 3 is 2.56 bits per heavy atom. The van der Waals surface area contributed by atoms with Gasteiger partial charge in [-0.3, -0.25) is 4.79 Å². The van der Waals surface area contributed by atoms with Crippen molar-refractivity contribution in [3.05, 3.63) is 57.6 Å². The number of carbonyl (C=O) groups is 2. The quantitative estimate of drug-likeness (QED) is 0.748. The van der Waals surface area contributed by atoms with Crippen LogP contribution in [0.5, 0.6) is 11.5 Å². The summed E-state index contributed by atoms with van der Waals surface area (Å²) in [5.41, 5.74) is 0.618. The van der Waals surface area contributed by atoms with Crippen LogP contribution in [0.15, 0.2) is 36.4 Å². The second-order valence-electron chi connectivity index (χ2n) is 4.97. The van der Waals surface area contributed by atoms with Gasteiger partial charge >= 0.3 is 5.97 Å². The average molecular weight is 384 g/mol. The first-order chi connectivity index (χ1) is 11.9. The van der Waals surface area contributed by atoms with Gasteiger partial charge < -0.3 is 19.9 Å². The Labute approximate surface area is 154 Å². The van der Waals surface area contributed by atoms with Crippen molar-refractivity contribution >= 4 is 35.1 Å². The normalized spacial score (nSPS) is 10.2. The third kappa shape index (κ3) is 5.27. The number of hydrogen-bond donors (Lipinski definition) is 2. The van der Waals surface area contributed by atoms with Crippen molar-refractivity contribution in [2.75, 3.05) is 13.7 Å². The third-order valence-corrected chi connectivity index (χ3v) is 3.84. The number of carbonyl (C=O) groups excluding carboxylic acids is 2. The maximum absolute atomic E-state index is 11.9. The maximum atomic E-state index is 11.9. The lowest BCUT2D eigenvalue weighted by molar-refractivity contribution is -0.124. The van der Waals surface area contributed by atoms with Crippen LogP contribution in [-0.2, 0) is 16.1 Å². The summed E-state index contributed by atoms with van der Waals surface area (Å²) in [4.78, 5) is 23.7. The highest BCUT2D eigenvalue weighted by Gasteiger charge is 2.15. The van der Waals surface area contributed by atoms with Gasteiger partial charge in [-0.15, -0.1) is 0 Å². The number of halogens is 2. The van der Waals surface area contributed by atoms with E-state index in [0.717, 1.165) is 0 Å². The molecule has 0 aliphatic carbocycles. The molecule has 0 aliphatic rings. The number of amides is 1. The molecule has 0 saturated carbocycles. The smallest absolute Gasteiger partial charge is 0.342 e. The molecule has 0 bridgehead atoms. The number of methoxy groups -OCH3 is 1. The molecule has 0 saturated heterocycles. The number of phenols is 1. The van der Waals surface area contributed by atoms with Gasteiger partial charge in [-0.1, -0.05) is 29.3 Å². The number of nitrogens with one attached hydrogen (secondary N) is 1. The molecule has 0 heterocycles. The average Bonchev–Trinajstić information content (AvgIpc) is 2.58. The van der Waals surface area contributed by atoms with Gasteiger partial charge in [-0.25, -0.2) is 4.79 Å². The van der Waals surface area contributed by atoms with E-state index in [4.69, 9.17) is 32.7 Å². The Hall–Kier alpha value is -2.44. The zero-order valence-corrected chi connectivity index (χ0v) is 14.7. The fourth-order valence-electron chi connectivity index (χ4n) is 1.93. The molecule has 0 aromatic heterocycles. The van der Waals surface area contributed by atoms with Crippen molar-refractivity contribution in [1.29, 1.82) is 0 Å². The number of aromatic hydroxyl groups is 1. The summed E-state index contributed by atoms with van der Waals surface area (Å²) in [7, 11) is 1.43. The molecule has 2 rings (SSSR count). The molecule has 132 valence electrons. The molecule has 2 aromatic carbocycles. The van der Waals surface area contributed by atoms with E-state index in [1.54, 1.807) is 18.2 Å². The number of phenolic OH excluding ortho intramolecular Hbond substituents is 1. The first-order valence-electron chi connectivity index (χ1n) is 7.15. The largest absolute Gasteiger partial charge is 0.507 e. The predicted octanol–water partition coefficient (Wildman–Crippen LogP) is 3.18. The molecule has 25 heavy (non-hydrogen) atoms. The van der Waals surface area contributed by atoms with E-state index in [-0.39, 0.29) is 17.9 Å². The molecule has 0 spiro atoms. The van der Waals surface area contributed by atoms with Crippen molar-refractivity contribution in [3.63, 3.8) is 0 Å². The Bertz CT molecular complexity index is 795. The topological polar surface area (TPSA) is 84.9 Å². The minimum absolute atomic E-state index is 0.0608. The molecular weight excluding hydrogens is 369 g/mol. The fraction of sp³-hybridized carbons (Fsp3) is 0.176. The lowest BCUT2D eigenvalue weighted by Crippen LogP contribution is -2.28. The van der Waals surface area contributed by atoms with E-state index in [0.29, 0.717) is 21.4 Å². The molecule has 0 radical (unpaired) electrons. The Balaban J connectivity index is 1.86. The van der Waals surface area contributed by atoms with Gasteiger partial charge in [0.05, 0.1) is 7.11 Å². The van der Waals surface area contributed by atoms with Crippen LogP contribution in [0.3, 0.4) is 0 Å². The summed E-state index contributed by atoms with van der Waals surface area (Å²) in [6.45, 7) is -0.324. The second kappa shape index (κ2) is 8.60. The zero-order valence-electron chi connectivity index (χ0n) is 13.2. The van der Waals surface area contributed by atoms with Crippen molar-refractivity contribution in [2.45, 2.75) is 6.54 Å². The van der Waals surface area contributed by atoms with Crippen molar-refractivity contribution in [1.82, 2.24) is 5.32 Å². The summed E-state index contributed by atoms with van der Waals surface area (Å²) in [6.07, 6.45) is 0. The van der Waals surface area contributed by atoms with Crippen molar-refractivity contribution < 1.29 is 24.2 Å². The molecule has 6 nitrogen and oxygen atoms in total. The molecule has 1 amide bonds. The van der Waals surface area contributed by atoms with Crippen LogP contribution in [0.25, 0.3) is 0 Å². The Morgan fingerprint density at radius 2 is 1.92 bits per heavy atom. The molecule has 0 atom stereocenters. The van der Waals surface area contributed by atoms with E-state index >= 15 is 0 Å². The van der Waals surface area contributed by atoms with Crippen LogP contribution in [0.1, 0.15) is 15.9 Å². The monoisotopic (exact) mass is 383 g/mol. The lowest BCUT2D eigenvalue weighted by atomic mass is 10.2. The number of ether oxygens (including phenoxy) is 2. The van der Waals surface area contributed by atoms with Crippen LogP contribution < -0.4 is 10.1 Å². The van der Waals surface area contributed by atoms with E-state index < -0.39 is 18.5 Å². The van der Waals surface area contributed by atoms with Crippen LogP contribution in [0, 0.1) is 0 Å². The SMILES string of the molecule is COc1ccc(C(=O)OCC(=O)NCc2ccc(Cl)cc2Cl)c(O)c1. The zero-order chi connectivity index (χ0) is 18.4. The van der Waals surface area contributed by atoms with Crippen LogP contribution >= 0.6 is 23.2 Å². The van der Waals surface area contributed by atoms with Crippen molar-refractivity contribution in [2.24, 2.45) is 0 Å². The molecular formula is C17H15Cl2NO5. The summed E-state index contributed by atoms with van der Waals surface area (Å²) in [5, 5.41) is 13.2. The summed E-state index contributed by atoms with van der Waals surface area (Å²) in [5.74, 6) is -1.23. The number of benzene rings is 2. The molecule has 8 heteroatoms. The molecule has 0 aliphatic heterocycles. The molecule has 2 N–H and O–H groups in total. The standard InChI is InChI=1S/C17H15Cl2NO5/c1-24-12-4-5-13(15(21)7-12)17(23)25-9-16(22)20-8-10-2-3-11(18)6-14(10)19/h2-7,21H,8-9H2,1H3,(H,20,22). The van der Waals surface area contributed by atoms with Crippen LogP contribution in [-0.4, -0.2) is 30.7 Å². The molecule has 0 unspecified atom stereocenters. The minimum Gasteiger partial charge on any atom is -0.507 e. The summed E-state index contributed by atoms with van der Waals surface area (Å²) >= 11 is 11.8. The molecule has 2 aromatic rings. The predicted molar refractivity (Wildman–Crippen MR) is 93.3 cm³/mol. The van der Waals surface area contributed by atoms with E-state index in [1.807, 2.05) is 0 Å². The first-order valence-corrected chi connectivity index (χ1v) is 7.91. The third-order valence-electron chi connectivity index (χ3n) is 3.25. The van der Waals surface area contributed by atoms with Crippen LogP contribution in [0.2, 0.25) is 10.0 Å². The van der Waals surface area contributed by atoms with E-state index in [1.165, 1.54) is 25.3 Å². The summed E-state index contributed by atoms with van der Waals surface area (Å²) in [6, 6.07) is 9.03. The molecule has 0 fully saturated rings. The second-order valence-corrected chi connectivity index (χ2v) is 5.82. The van der Waals surface area contributed by atoms with Gasteiger partial charge in [0.25, 0.3) is 5.91 Å². The van der Waals surface area contributed by atoms with Crippen molar-refractivity contribution in [3.8, 4) is 11.5 Å². The Kier molecular flexibility index (Phi) is 6.50. The minimum atomic E-state index is -0.820. The van der Waals surface area contributed by atoms with Gasteiger partial charge in [0, 0.05) is 22.7 Å². The first kappa shape index (κ1) is 18.9. The van der Waals surface area contributed by atoms with Gasteiger partial charge in [-0.2, -0.15) is 0 Å². The summed E-state index contributed by atoms with van der Waals surface area (Å²) < 4.78 is 9.80. The lowest BCUT2D eigenvalue weighted by Gasteiger charge is -2.09. The highest BCUT2D eigenvalue weighted by Crippen LogP contribution is 2.24. The fourth-order valence-corrected chi connectivity index (χ4v) is 2.41. The van der Waals surface area contributed by atoms with Gasteiger partial charge in [0.2, 0.25) is 0 Å². The maximum Gasteiger partial charge on any atom is 0.342 e. The van der Waals surface area contributed by atoms with E-state index in [2.05, 4.69) is 5.32 Å². The number of hydrogen-bond acceptors (Lipinski definition) is 5. The number of esters is 1. The Morgan fingerprint density at radius 1 is 1.16 bits per heavy atom. The number of rotatable bonds is 6. The van der Waals surface area contributed by atoms with Gasteiger partial charge in [-0.05, 0) is 29.8 Å².